The Hall–Kier alpha value is -3.35. The number of ether oxygens (including phenoxy) is 1. The van der Waals surface area contributed by atoms with E-state index < -0.39 is 18.0 Å². The molecule has 0 radical (unpaired) electrons. The standard InChI is InChI=1S/C27H30N2O5/c1-16-17(26(31)32)13-14-29(16)25(30)22-11-6-12-24(22)28-27(33)34-15-23-20-9-4-2-7-18(20)19-8-3-5-10-21(19)23/h2-5,7-10,16-17,22-24H,6,11-15H2,1H3,(H,28,33)(H,31,32)/t16?,17?,22-,24+/m0/s1. The van der Waals surface area contributed by atoms with E-state index in [1.54, 1.807) is 11.8 Å². The lowest BCUT2D eigenvalue weighted by atomic mass is 9.98. The summed E-state index contributed by atoms with van der Waals surface area (Å²) in [5.41, 5.74) is 4.66. The van der Waals surface area contributed by atoms with Crippen molar-refractivity contribution >= 4 is 18.0 Å². The van der Waals surface area contributed by atoms with Gasteiger partial charge in [-0.1, -0.05) is 55.0 Å². The molecule has 2 aromatic carbocycles. The number of nitrogens with one attached hydrogen (secondary N) is 1. The minimum absolute atomic E-state index is 0.0161. The maximum absolute atomic E-state index is 13.2. The number of likely N-dealkylation sites (tertiary alicyclic amines) is 1. The minimum Gasteiger partial charge on any atom is -0.481 e. The molecule has 4 atom stereocenters. The highest BCUT2D eigenvalue weighted by atomic mass is 16.5. The van der Waals surface area contributed by atoms with Gasteiger partial charge in [0.15, 0.2) is 0 Å². The summed E-state index contributed by atoms with van der Waals surface area (Å²) in [4.78, 5) is 39.1. The number of hydrogen-bond acceptors (Lipinski definition) is 4. The van der Waals surface area contributed by atoms with Crippen molar-refractivity contribution in [3.8, 4) is 11.1 Å². The van der Waals surface area contributed by atoms with Gasteiger partial charge >= 0.3 is 12.1 Å². The van der Waals surface area contributed by atoms with Gasteiger partial charge in [0.1, 0.15) is 6.61 Å². The number of carboxylic acids is 1. The van der Waals surface area contributed by atoms with E-state index >= 15 is 0 Å². The predicted molar refractivity (Wildman–Crippen MR) is 126 cm³/mol. The number of nitrogens with zero attached hydrogens (tertiary/aromatic N) is 1. The molecule has 2 N–H and O–H groups in total. The highest BCUT2D eigenvalue weighted by Gasteiger charge is 2.43. The Morgan fingerprint density at radius 3 is 2.24 bits per heavy atom. The van der Waals surface area contributed by atoms with Crippen molar-refractivity contribution in [2.75, 3.05) is 13.2 Å². The van der Waals surface area contributed by atoms with Gasteiger partial charge in [-0.2, -0.15) is 0 Å². The van der Waals surface area contributed by atoms with Gasteiger partial charge in [-0.25, -0.2) is 4.79 Å². The number of rotatable bonds is 5. The molecule has 1 saturated carbocycles. The number of hydrogen-bond donors (Lipinski definition) is 2. The molecule has 1 heterocycles. The summed E-state index contributed by atoms with van der Waals surface area (Å²) in [6, 6.07) is 15.8. The van der Waals surface area contributed by atoms with Crippen molar-refractivity contribution in [2.24, 2.45) is 11.8 Å². The molecule has 0 bridgehead atoms. The van der Waals surface area contributed by atoms with E-state index in [1.807, 2.05) is 24.3 Å². The van der Waals surface area contributed by atoms with Crippen LogP contribution in [0.2, 0.25) is 0 Å². The molecule has 3 aliphatic rings. The molecule has 7 heteroatoms. The van der Waals surface area contributed by atoms with E-state index in [0.717, 1.165) is 17.5 Å². The molecular formula is C27H30N2O5. The summed E-state index contributed by atoms with van der Waals surface area (Å²) in [7, 11) is 0. The zero-order valence-electron chi connectivity index (χ0n) is 19.3. The first-order chi connectivity index (χ1) is 16.5. The highest BCUT2D eigenvalue weighted by Crippen LogP contribution is 2.44. The number of aliphatic carboxylic acids is 1. The van der Waals surface area contributed by atoms with Crippen LogP contribution in [0.3, 0.4) is 0 Å². The van der Waals surface area contributed by atoms with Crippen LogP contribution >= 0.6 is 0 Å². The quantitative estimate of drug-likeness (QED) is 0.700. The van der Waals surface area contributed by atoms with Gasteiger partial charge in [0.2, 0.25) is 5.91 Å². The Morgan fingerprint density at radius 2 is 1.62 bits per heavy atom. The lowest BCUT2D eigenvalue weighted by molar-refractivity contribution is -0.143. The molecule has 0 spiro atoms. The van der Waals surface area contributed by atoms with Crippen LogP contribution in [-0.2, 0) is 14.3 Å². The van der Waals surface area contributed by atoms with E-state index in [4.69, 9.17) is 4.74 Å². The number of carbonyl (C=O) groups excluding carboxylic acids is 2. The number of benzene rings is 2. The van der Waals surface area contributed by atoms with Gasteiger partial charge in [-0.3, -0.25) is 9.59 Å². The van der Waals surface area contributed by atoms with Crippen molar-refractivity contribution in [1.82, 2.24) is 10.2 Å². The number of carbonyl (C=O) groups is 3. The summed E-state index contributed by atoms with van der Waals surface area (Å²) >= 11 is 0. The van der Waals surface area contributed by atoms with Crippen LogP contribution in [-0.4, -0.2) is 53.2 Å². The van der Waals surface area contributed by atoms with Crippen LogP contribution in [0.25, 0.3) is 11.1 Å². The van der Waals surface area contributed by atoms with E-state index in [-0.39, 0.29) is 36.4 Å². The van der Waals surface area contributed by atoms with Gasteiger partial charge < -0.3 is 20.1 Å². The molecule has 7 nitrogen and oxygen atoms in total. The third kappa shape index (κ3) is 3.93. The lowest BCUT2D eigenvalue weighted by Crippen LogP contribution is -2.47. The first-order valence-corrected chi connectivity index (χ1v) is 12.1. The molecule has 2 amide bonds. The monoisotopic (exact) mass is 462 g/mol. The van der Waals surface area contributed by atoms with E-state index in [2.05, 4.69) is 29.6 Å². The normalized spacial score (nSPS) is 25.6. The first-order valence-electron chi connectivity index (χ1n) is 12.1. The Morgan fingerprint density at radius 1 is 0.971 bits per heavy atom. The summed E-state index contributed by atoms with van der Waals surface area (Å²) in [5.74, 6) is -1.80. The Balaban J connectivity index is 1.21. The molecule has 178 valence electrons. The van der Waals surface area contributed by atoms with Crippen LogP contribution in [0.4, 0.5) is 4.79 Å². The molecule has 5 rings (SSSR count). The number of fused-ring (bicyclic) bond motifs is 3. The molecule has 2 aliphatic carbocycles. The second-order valence-electron chi connectivity index (χ2n) is 9.62. The van der Waals surface area contributed by atoms with Gasteiger partial charge in [0.25, 0.3) is 0 Å². The predicted octanol–water partition coefficient (Wildman–Crippen LogP) is 4.02. The number of amides is 2. The molecule has 2 unspecified atom stereocenters. The third-order valence-corrected chi connectivity index (χ3v) is 7.84. The van der Waals surface area contributed by atoms with Gasteiger partial charge in [-0.15, -0.1) is 0 Å². The molecule has 2 fully saturated rings. The lowest BCUT2D eigenvalue weighted by Gasteiger charge is -2.29. The molecule has 2 aromatic rings. The maximum Gasteiger partial charge on any atom is 0.407 e. The number of alkyl carbamates (subject to hydrolysis) is 1. The van der Waals surface area contributed by atoms with E-state index in [1.165, 1.54) is 11.1 Å². The van der Waals surface area contributed by atoms with Crippen LogP contribution in [0.15, 0.2) is 48.5 Å². The third-order valence-electron chi connectivity index (χ3n) is 7.84. The van der Waals surface area contributed by atoms with E-state index in [0.29, 0.717) is 25.8 Å². The fourth-order valence-electron chi connectivity index (χ4n) is 6.01. The first kappa shape index (κ1) is 22.4. The summed E-state index contributed by atoms with van der Waals surface area (Å²) in [5, 5.41) is 12.3. The molecule has 0 aromatic heterocycles. The van der Waals surface area contributed by atoms with E-state index in [9.17, 15) is 19.5 Å². The number of carboxylic acid groups (broad SMARTS) is 1. The SMILES string of the molecule is CC1C(C(=O)O)CCN1C(=O)[C@H]1CCC[C@H]1NC(=O)OCC1c2ccccc2-c2ccccc21. The Bertz CT molecular complexity index is 1070. The molecule has 1 aliphatic heterocycles. The van der Waals surface area contributed by atoms with Crippen LogP contribution < -0.4 is 5.32 Å². The van der Waals surface area contributed by atoms with Crippen molar-refractivity contribution in [3.63, 3.8) is 0 Å². The molecule has 34 heavy (non-hydrogen) atoms. The topological polar surface area (TPSA) is 95.9 Å². The zero-order valence-corrected chi connectivity index (χ0v) is 19.3. The fraction of sp³-hybridized carbons (Fsp3) is 0.444. The molecular weight excluding hydrogens is 432 g/mol. The van der Waals surface area contributed by atoms with Crippen molar-refractivity contribution in [1.29, 1.82) is 0 Å². The van der Waals surface area contributed by atoms with Gasteiger partial charge in [0, 0.05) is 24.5 Å². The van der Waals surface area contributed by atoms with Crippen LogP contribution in [0.1, 0.15) is 49.7 Å². The Kier molecular flexibility index (Phi) is 6.02. The minimum atomic E-state index is -0.859. The zero-order chi connectivity index (χ0) is 23.8. The highest BCUT2D eigenvalue weighted by molar-refractivity contribution is 5.83. The van der Waals surface area contributed by atoms with Crippen molar-refractivity contribution < 1.29 is 24.2 Å². The average molecular weight is 463 g/mol. The summed E-state index contributed by atoms with van der Waals surface area (Å²) < 4.78 is 5.67. The fourth-order valence-corrected chi connectivity index (χ4v) is 6.01. The van der Waals surface area contributed by atoms with Crippen molar-refractivity contribution in [3.05, 3.63) is 59.7 Å². The second-order valence-corrected chi connectivity index (χ2v) is 9.62. The maximum atomic E-state index is 13.2. The summed E-state index contributed by atoms with van der Waals surface area (Å²) in [6.45, 7) is 2.48. The van der Waals surface area contributed by atoms with Crippen LogP contribution in [0, 0.1) is 11.8 Å². The Labute approximate surface area is 199 Å². The summed E-state index contributed by atoms with van der Waals surface area (Å²) in [6.07, 6.45) is 2.21. The smallest absolute Gasteiger partial charge is 0.407 e. The largest absolute Gasteiger partial charge is 0.481 e. The van der Waals surface area contributed by atoms with Crippen LogP contribution in [0.5, 0.6) is 0 Å². The van der Waals surface area contributed by atoms with Gasteiger partial charge in [0.05, 0.1) is 11.8 Å². The van der Waals surface area contributed by atoms with Crippen molar-refractivity contribution in [2.45, 2.75) is 50.6 Å². The molecule has 1 saturated heterocycles. The van der Waals surface area contributed by atoms with Gasteiger partial charge in [-0.05, 0) is 48.4 Å². The second kappa shape index (κ2) is 9.12. The average Bonchev–Trinajstić information content (AvgIpc) is 3.53.